The molecule has 0 bridgehead atoms. The SMILES string of the molecule is C=CCc1cc(C(C)(C)c2ccc(Oc3ccc(N)cc3)c(CC=C)c2)ccc1Oc1ccc(N)cc1. The number of allylic oxidation sites excluding steroid dienone is 2. The number of ether oxygens (including phenoxy) is 2. The van der Waals surface area contributed by atoms with Crippen molar-refractivity contribution in [3.05, 3.63) is 132 Å². The molecule has 0 aromatic heterocycles. The van der Waals surface area contributed by atoms with Crippen molar-refractivity contribution in [3.63, 3.8) is 0 Å². The highest BCUT2D eigenvalue weighted by Crippen LogP contribution is 2.38. The molecule has 188 valence electrons. The zero-order chi connectivity index (χ0) is 26.4. The van der Waals surface area contributed by atoms with E-state index in [1.807, 2.05) is 72.8 Å². The minimum Gasteiger partial charge on any atom is -0.457 e. The van der Waals surface area contributed by atoms with Crippen molar-refractivity contribution in [2.24, 2.45) is 0 Å². The molecule has 0 amide bonds. The third-order valence-corrected chi connectivity index (χ3v) is 6.51. The van der Waals surface area contributed by atoms with Crippen LogP contribution in [0.3, 0.4) is 0 Å². The van der Waals surface area contributed by atoms with E-state index in [4.69, 9.17) is 20.9 Å². The number of hydrogen-bond donors (Lipinski definition) is 2. The number of nitrogens with two attached hydrogens (primary N) is 2. The van der Waals surface area contributed by atoms with Gasteiger partial charge in [-0.15, -0.1) is 13.2 Å². The Hall–Kier alpha value is -4.44. The average molecular weight is 491 g/mol. The molecule has 0 saturated heterocycles. The lowest BCUT2D eigenvalue weighted by molar-refractivity contribution is 0.476. The van der Waals surface area contributed by atoms with E-state index in [0.29, 0.717) is 24.2 Å². The molecule has 37 heavy (non-hydrogen) atoms. The lowest BCUT2D eigenvalue weighted by atomic mass is 9.76. The molecule has 0 aliphatic rings. The van der Waals surface area contributed by atoms with E-state index in [2.05, 4.69) is 51.3 Å². The predicted molar refractivity (Wildman–Crippen MR) is 155 cm³/mol. The minimum atomic E-state index is -0.259. The quantitative estimate of drug-likeness (QED) is 0.173. The molecule has 0 radical (unpaired) electrons. The van der Waals surface area contributed by atoms with Gasteiger partial charge in [-0.1, -0.05) is 50.3 Å². The van der Waals surface area contributed by atoms with Crippen LogP contribution in [0, 0.1) is 0 Å². The third kappa shape index (κ3) is 6.04. The van der Waals surface area contributed by atoms with Crippen LogP contribution in [-0.4, -0.2) is 0 Å². The van der Waals surface area contributed by atoms with Gasteiger partial charge in [-0.05, 0) is 95.8 Å². The second-order valence-corrected chi connectivity index (χ2v) is 9.60. The van der Waals surface area contributed by atoms with Crippen LogP contribution < -0.4 is 20.9 Å². The molecule has 4 N–H and O–H groups in total. The molecule has 0 unspecified atom stereocenters. The third-order valence-electron chi connectivity index (χ3n) is 6.51. The first-order valence-corrected chi connectivity index (χ1v) is 12.4. The van der Waals surface area contributed by atoms with Crippen LogP contribution in [0.4, 0.5) is 11.4 Å². The molecule has 0 atom stereocenters. The molecule has 4 nitrogen and oxygen atoms in total. The highest BCUT2D eigenvalue weighted by molar-refractivity contribution is 5.51. The summed E-state index contributed by atoms with van der Waals surface area (Å²) in [5.41, 5.74) is 17.3. The lowest BCUT2D eigenvalue weighted by Gasteiger charge is -2.28. The Morgan fingerprint density at radius 1 is 0.622 bits per heavy atom. The van der Waals surface area contributed by atoms with Crippen molar-refractivity contribution in [2.75, 3.05) is 11.5 Å². The number of benzene rings is 4. The summed E-state index contributed by atoms with van der Waals surface area (Å²) in [4.78, 5) is 0. The molecule has 4 aromatic rings. The Kier molecular flexibility index (Phi) is 7.69. The number of hydrogen-bond acceptors (Lipinski definition) is 4. The molecule has 0 aliphatic heterocycles. The Morgan fingerprint density at radius 3 is 1.35 bits per heavy atom. The van der Waals surface area contributed by atoms with Crippen LogP contribution in [0.2, 0.25) is 0 Å². The average Bonchev–Trinajstić information content (AvgIpc) is 2.89. The van der Waals surface area contributed by atoms with Crippen molar-refractivity contribution in [1.29, 1.82) is 0 Å². The summed E-state index contributed by atoms with van der Waals surface area (Å²) >= 11 is 0. The van der Waals surface area contributed by atoms with Gasteiger partial charge in [0.15, 0.2) is 0 Å². The largest absolute Gasteiger partial charge is 0.457 e. The first-order valence-electron chi connectivity index (χ1n) is 12.4. The molecule has 4 rings (SSSR count). The van der Waals surface area contributed by atoms with E-state index < -0.39 is 0 Å². The topological polar surface area (TPSA) is 70.5 Å². The Morgan fingerprint density at radius 2 is 1.00 bits per heavy atom. The van der Waals surface area contributed by atoms with Crippen molar-refractivity contribution >= 4 is 11.4 Å². The van der Waals surface area contributed by atoms with E-state index in [-0.39, 0.29) is 5.41 Å². The minimum absolute atomic E-state index is 0.259. The normalized spacial score (nSPS) is 11.1. The van der Waals surface area contributed by atoms with E-state index >= 15 is 0 Å². The molecule has 0 saturated carbocycles. The number of anilines is 2. The first kappa shape index (κ1) is 25.6. The molecule has 0 spiro atoms. The summed E-state index contributed by atoms with van der Waals surface area (Å²) in [5, 5.41) is 0. The Labute approximate surface area is 219 Å². The Bertz CT molecular complexity index is 1280. The van der Waals surface area contributed by atoms with Crippen LogP contribution in [-0.2, 0) is 18.3 Å². The van der Waals surface area contributed by atoms with Gasteiger partial charge in [-0.2, -0.15) is 0 Å². The molecule has 0 aliphatic carbocycles. The van der Waals surface area contributed by atoms with E-state index in [1.54, 1.807) is 0 Å². The Balaban J connectivity index is 1.65. The summed E-state index contributed by atoms with van der Waals surface area (Å²) in [6.45, 7) is 12.3. The van der Waals surface area contributed by atoms with Gasteiger partial charge in [0, 0.05) is 16.8 Å². The highest BCUT2D eigenvalue weighted by Gasteiger charge is 2.25. The van der Waals surface area contributed by atoms with Gasteiger partial charge in [0.1, 0.15) is 23.0 Å². The van der Waals surface area contributed by atoms with Crippen LogP contribution >= 0.6 is 0 Å². The summed E-state index contributed by atoms with van der Waals surface area (Å²) in [5.74, 6) is 3.11. The standard InChI is InChI=1S/C33H34N2O2/c1-5-7-23-21-25(9-19-31(23)36-29-15-11-27(34)12-16-29)33(3,4)26-10-20-32(24(22-26)8-6-2)37-30-17-13-28(35)14-18-30/h5-6,9-22H,1-2,7-8,34-35H2,3-4H3. The van der Waals surface area contributed by atoms with E-state index in [1.165, 1.54) is 11.1 Å². The smallest absolute Gasteiger partial charge is 0.130 e. The van der Waals surface area contributed by atoms with Crippen LogP contribution in [0.25, 0.3) is 0 Å². The van der Waals surface area contributed by atoms with Crippen molar-refractivity contribution in [2.45, 2.75) is 32.1 Å². The van der Waals surface area contributed by atoms with Crippen LogP contribution in [0.15, 0.2) is 110 Å². The van der Waals surface area contributed by atoms with Crippen molar-refractivity contribution < 1.29 is 9.47 Å². The number of rotatable bonds is 10. The van der Waals surface area contributed by atoms with Crippen molar-refractivity contribution in [3.8, 4) is 23.0 Å². The molecule has 4 heteroatoms. The fourth-order valence-corrected chi connectivity index (χ4v) is 4.26. The van der Waals surface area contributed by atoms with Gasteiger partial charge in [-0.25, -0.2) is 0 Å². The zero-order valence-electron chi connectivity index (χ0n) is 21.5. The maximum absolute atomic E-state index is 6.18. The van der Waals surface area contributed by atoms with Crippen molar-refractivity contribution in [1.82, 2.24) is 0 Å². The monoisotopic (exact) mass is 490 g/mol. The van der Waals surface area contributed by atoms with Gasteiger partial charge in [-0.3, -0.25) is 0 Å². The lowest BCUT2D eigenvalue weighted by Crippen LogP contribution is -2.19. The van der Waals surface area contributed by atoms with Gasteiger partial charge in [0.05, 0.1) is 0 Å². The number of nitrogen functional groups attached to an aromatic ring is 2. The second kappa shape index (κ2) is 11.1. The van der Waals surface area contributed by atoms with Gasteiger partial charge >= 0.3 is 0 Å². The summed E-state index contributed by atoms with van der Waals surface area (Å²) < 4.78 is 12.4. The fraction of sp³-hybridized carbons (Fsp3) is 0.152. The summed E-state index contributed by atoms with van der Waals surface area (Å²) in [6, 6.07) is 27.6. The predicted octanol–water partition coefficient (Wildman–Crippen LogP) is 8.22. The maximum Gasteiger partial charge on any atom is 0.130 e. The molecular formula is C33H34N2O2. The van der Waals surface area contributed by atoms with E-state index in [9.17, 15) is 0 Å². The van der Waals surface area contributed by atoms with Gasteiger partial charge in [0.25, 0.3) is 0 Å². The maximum atomic E-state index is 6.18. The van der Waals surface area contributed by atoms with E-state index in [0.717, 1.165) is 34.1 Å². The fourth-order valence-electron chi connectivity index (χ4n) is 4.26. The summed E-state index contributed by atoms with van der Waals surface area (Å²) in [6.07, 6.45) is 5.19. The highest BCUT2D eigenvalue weighted by atomic mass is 16.5. The van der Waals surface area contributed by atoms with Gasteiger partial charge < -0.3 is 20.9 Å². The second-order valence-electron chi connectivity index (χ2n) is 9.60. The molecule has 4 aromatic carbocycles. The first-order chi connectivity index (χ1) is 17.8. The molecular weight excluding hydrogens is 456 g/mol. The summed E-state index contributed by atoms with van der Waals surface area (Å²) in [7, 11) is 0. The van der Waals surface area contributed by atoms with Gasteiger partial charge in [0.2, 0.25) is 0 Å². The molecule has 0 heterocycles. The van der Waals surface area contributed by atoms with Crippen LogP contribution in [0.5, 0.6) is 23.0 Å². The molecule has 0 fully saturated rings. The van der Waals surface area contributed by atoms with Crippen LogP contribution in [0.1, 0.15) is 36.1 Å². The zero-order valence-corrected chi connectivity index (χ0v) is 21.5.